The summed E-state index contributed by atoms with van der Waals surface area (Å²) in [6.45, 7) is 6.51. The van der Waals surface area contributed by atoms with Crippen molar-refractivity contribution in [1.82, 2.24) is 9.55 Å². The highest BCUT2D eigenvalue weighted by Crippen LogP contribution is 2.21. The van der Waals surface area contributed by atoms with Crippen LogP contribution in [0.1, 0.15) is 26.3 Å². The fourth-order valence-corrected chi connectivity index (χ4v) is 2.04. The molecule has 0 radical (unpaired) electrons. The number of ether oxygens (including phenoxy) is 1. The van der Waals surface area contributed by atoms with Gasteiger partial charge in [0.1, 0.15) is 17.5 Å². The van der Waals surface area contributed by atoms with Gasteiger partial charge in [-0.05, 0) is 33.3 Å². The Morgan fingerprint density at radius 1 is 1.43 bits per heavy atom. The largest absolute Gasteiger partial charge is 0.480 e. The zero-order valence-electron chi connectivity index (χ0n) is 12.4. The summed E-state index contributed by atoms with van der Waals surface area (Å²) < 4.78 is 6.10. The molecule has 0 aliphatic rings. The Balaban J connectivity index is 2.73. The average Bonchev–Trinajstić information content (AvgIpc) is 2.33. The smallest absolute Gasteiger partial charge is 0.349 e. The van der Waals surface area contributed by atoms with Gasteiger partial charge in [-0.15, -0.1) is 0 Å². The van der Waals surface area contributed by atoms with Crippen LogP contribution in [0.2, 0.25) is 0 Å². The Bertz CT molecular complexity index is 604. The maximum absolute atomic E-state index is 11.7. The second-order valence-corrected chi connectivity index (χ2v) is 6.39. The van der Waals surface area contributed by atoms with E-state index >= 15 is 0 Å². The third-order valence-electron chi connectivity index (χ3n) is 2.43. The molecule has 21 heavy (non-hydrogen) atoms. The fraction of sp³-hybridized carbons (Fsp3) is 0.538. The summed E-state index contributed by atoms with van der Waals surface area (Å²) in [5.41, 5.74) is -0.589. The molecule has 1 aromatic rings. The minimum Gasteiger partial charge on any atom is -0.480 e. The minimum atomic E-state index is -1.11. The summed E-state index contributed by atoms with van der Waals surface area (Å²) in [6, 6.07) is 0. The number of thioether (sulfide) groups is 1. The molecule has 0 amide bonds. The molecule has 0 saturated heterocycles. The number of aromatic nitrogens is 2. The highest BCUT2D eigenvalue weighted by atomic mass is 32.2. The van der Waals surface area contributed by atoms with Gasteiger partial charge in [-0.3, -0.25) is 14.2 Å². The van der Waals surface area contributed by atoms with Crippen molar-refractivity contribution >= 4 is 23.7 Å². The Labute approximate surface area is 126 Å². The highest BCUT2D eigenvalue weighted by Gasteiger charge is 2.23. The van der Waals surface area contributed by atoms with Gasteiger partial charge >= 0.3 is 17.6 Å². The van der Waals surface area contributed by atoms with E-state index in [0.29, 0.717) is 10.6 Å². The summed E-state index contributed by atoms with van der Waals surface area (Å²) in [7, 11) is 0. The molecule has 0 bridgehead atoms. The topological polar surface area (TPSA) is 98.5 Å². The number of hydrogen-bond acceptors (Lipinski definition) is 6. The van der Waals surface area contributed by atoms with Crippen molar-refractivity contribution in [2.24, 2.45) is 5.41 Å². The number of rotatable bonds is 5. The normalized spacial score (nSPS) is 11.2. The molecule has 7 nitrogen and oxygen atoms in total. The maximum atomic E-state index is 11.7. The van der Waals surface area contributed by atoms with Crippen molar-refractivity contribution in [3.8, 4) is 0 Å². The lowest BCUT2D eigenvalue weighted by Crippen LogP contribution is -2.27. The first-order chi connectivity index (χ1) is 9.61. The molecule has 8 heteroatoms. The van der Waals surface area contributed by atoms with Gasteiger partial charge in [0.25, 0.3) is 0 Å². The monoisotopic (exact) mass is 314 g/mol. The van der Waals surface area contributed by atoms with E-state index < -0.39 is 23.6 Å². The number of carboxylic acids is 1. The molecule has 116 valence electrons. The van der Waals surface area contributed by atoms with Crippen LogP contribution in [-0.2, 0) is 20.9 Å². The second-order valence-electron chi connectivity index (χ2n) is 5.48. The second kappa shape index (κ2) is 6.75. The Hall–Kier alpha value is -1.83. The van der Waals surface area contributed by atoms with Crippen molar-refractivity contribution in [3.05, 3.63) is 22.2 Å². The van der Waals surface area contributed by atoms with Crippen LogP contribution >= 0.6 is 11.8 Å². The SMILES string of the molecule is Cc1cn(CC(=O)O)c(=O)nc1SCOC(=O)C(C)(C)C. The summed E-state index contributed by atoms with van der Waals surface area (Å²) in [6.07, 6.45) is 1.43. The highest BCUT2D eigenvalue weighted by molar-refractivity contribution is 7.99. The van der Waals surface area contributed by atoms with E-state index in [4.69, 9.17) is 9.84 Å². The molecule has 0 spiro atoms. The van der Waals surface area contributed by atoms with E-state index in [0.717, 1.165) is 16.3 Å². The number of hydrogen-bond donors (Lipinski definition) is 1. The van der Waals surface area contributed by atoms with Crippen LogP contribution in [0.25, 0.3) is 0 Å². The number of esters is 1. The van der Waals surface area contributed by atoms with Gasteiger partial charge in [0.2, 0.25) is 0 Å². The predicted molar refractivity (Wildman–Crippen MR) is 77.1 cm³/mol. The summed E-state index contributed by atoms with van der Waals surface area (Å²) in [4.78, 5) is 37.7. The number of carbonyl (C=O) groups is 2. The minimum absolute atomic E-state index is 0.0479. The lowest BCUT2D eigenvalue weighted by atomic mass is 9.98. The van der Waals surface area contributed by atoms with Crippen LogP contribution in [0.4, 0.5) is 0 Å². The van der Waals surface area contributed by atoms with Crippen molar-refractivity contribution in [2.75, 3.05) is 5.94 Å². The van der Waals surface area contributed by atoms with Gasteiger partial charge < -0.3 is 9.84 Å². The van der Waals surface area contributed by atoms with E-state index in [1.54, 1.807) is 27.7 Å². The van der Waals surface area contributed by atoms with E-state index in [1.165, 1.54) is 6.20 Å². The number of aryl methyl sites for hydroxylation is 1. The molecule has 0 unspecified atom stereocenters. The van der Waals surface area contributed by atoms with Crippen LogP contribution in [0.3, 0.4) is 0 Å². The number of carboxylic acid groups (broad SMARTS) is 1. The lowest BCUT2D eigenvalue weighted by molar-refractivity contribution is -0.150. The molecule has 0 atom stereocenters. The van der Waals surface area contributed by atoms with Gasteiger partial charge in [0.05, 0.1) is 5.41 Å². The fourth-order valence-electron chi connectivity index (χ4n) is 1.34. The van der Waals surface area contributed by atoms with Crippen molar-refractivity contribution in [1.29, 1.82) is 0 Å². The average molecular weight is 314 g/mol. The van der Waals surface area contributed by atoms with E-state index in [9.17, 15) is 14.4 Å². The van der Waals surface area contributed by atoms with Crippen molar-refractivity contribution in [2.45, 2.75) is 39.3 Å². The van der Waals surface area contributed by atoms with Crippen LogP contribution in [0, 0.1) is 12.3 Å². The molecule has 1 rings (SSSR count). The molecular weight excluding hydrogens is 296 g/mol. The van der Waals surface area contributed by atoms with E-state index in [1.807, 2.05) is 0 Å². The van der Waals surface area contributed by atoms with Crippen LogP contribution in [0.5, 0.6) is 0 Å². The molecular formula is C13H18N2O5S. The van der Waals surface area contributed by atoms with Crippen molar-refractivity contribution < 1.29 is 19.4 Å². The van der Waals surface area contributed by atoms with Gasteiger partial charge in [-0.2, -0.15) is 4.98 Å². The first-order valence-corrected chi connectivity index (χ1v) is 7.19. The molecule has 0 aromatic carbocycles. The molecule has 0 fully saturated rings. The van der Waals surface area contributed by atoms with Crippen LogP contribution in [-0.4, -0.2) is 32.5 Å². The Morgan fingerprint density at radius 3 is 2.57 bits per heavy atom. The third-order valence-corrected chi connectivity index (χ3v) is 3.36. The van der Waals surface area contributed by atoms with Gasteiger partial charge in [0.15, 0.2) is 0 Å². The third kappa shape index (κ3) is 5.22. The lowest BCUT2D eigenvalue weighted by Gasteiger charge is -2.16. The van der Waals surface area contributed by atoms with Gasteiger partial charge in [0, 0.05) is 6.20 Å². The molecule has 0 saturated carbocycles. The van der Waals surface area contributed by atoms with Crippen molar-refractivity contribution in [3.63, 3.8) is 0 Å². The number of nitrogens with zero attached hydrogens (tertiary/aromatic N) is 2. The first-order valence-electron chi connectivity index (χ1n) is 6.21. The van der Waals surface area contributed by atoms with Crippen LogP contribution < -0.4 is 5.69 Å². The Morgan fingerprint density at radius 2 is 2.05 bits per heavy atom. The van der Waals surface area contributed by atoms with E-state index in [2.05, 4.69) is 4.98 Å². The maximum Gasteiger partial charge on any atom is 0.349 e. The number of carbonyl (C=O) groups excluding carboxylic acids is 1. The zero-order chi connectivity index (χ0) is 16.2. The van der Waals surface area contributed by atoms with Gasteiger partial charge in [-0.25, -0.2) is 4.79 Å². The Kier molecular flexibility index (Phi) is 5.54. The molecule has 1 heterocycles. The predicted octanol–water partition coefficient (Wildman–Crippen LogP) is 1.28. The molecule has 0 aliphatic carbocycles. The standard InChI is InChI=1S/C13H18N2O5S/c1-8-5-15(6-9(16)17)12(19)14-10(8)21-7-20-11(18)13(2,3)4/h5H,6-7H2,1-4H3,(H,16,17). The van der Waals surface area contributed by atoms with E-state index in [-0.39, 0.29) is 11.9 Å². The summed E-state index contributed by atoms with van der Waals surface area (Å²) in [5.74, 6) is -1.41. The zero-order valence-corrected chi connectivity index (χ0v) is 13.2. The van der Waals surface area contributed by atoms with Gasteiger partial charge in [-0.1, -0.05) is 11.8 Å². The molecule has 1 aromatic heterocycles. The molecule has 0 aliphatic heterocycles. The summed E-state index contributed by atoms with van der Waals surface area (Å²) >= 11 is 1.12. The summed E-state index contributed by atoms with van der Waals surface area (Å²) in [5, 5.41) is 9.10. The first kappa shape index (κ1) is 17.2. The molecule has 1 N–H and O–H groups in total. The number of aliphatic carboxylic acids is 1. The van der Waals surface area contributed by atoms with Crippen LogP contribution in [0.15, 0.2) is 16.0 Å². The quantitative estimate of drug-likeness (QED) is 0.378.